The first-order chi connectivity index (χ1) is 9.54. The van der Waals surface area contributed by atoms with Crippen molar-refractivity contribution in [3.8, 4) is 0 Å². The highest BCUT2D eigenvalue weighted by Gasteiger charge is 2.35. The third-order valence-electron chi connectivity index (χ3n) is 2.81. The molecule has 0 saturated heterocycles. The van der Waals surface area contributed by atoms with Crippen molar-refractivity contribution in [1.82, 2.24) is 10.2 Å². The minimum absolute atomic E-state index is 0.0861. The maximum atomic E-state index is 12.1. The zero-order chi connectivity index (χ0) is 14.7. The topological polar surface area (TPSA) is 75.7 Å². The van der Waals surface area contributed by atoms with E-state index < -0.39 is 12.0 Å². The largest absolute Gasteiger partial charge is 0.450 e. The van der Waals surface area contributed by atoms with Gasteiger partial charge in [-0.05, 0) is 25.1 Å². The normalized spacial score (nSPS) is 13.4. The minimum atomic E-state index is -0.577. The summed E-state index contributed by atoms with van der Waals surface area (Å²) >= 11 is 5.81. The molecule has 7 heteroatoms. The number of benzene rings is 1. The van der Waals surface area contributed by atoms with Gasteiger partial charge in [0, 0.05) is 18.1 Å². The molecule has 3 amide bonds. The van der Waals surface area contributed by atoms with Gasteiger partial charge in [0.25, 0.3) is 11.8 Å². The second kappa shape index (κ2) is 5.92. The number of carbonyl (C=O) groups is 3. The van der Waals surface area contributed by atoms with Gasteiger partial charge in [0.1, 0.15) is 0 Å². The van der Waals surface area contributed by atoms with Gasteiger partial charge in [-0.2, -0.15) is 0 Å². The molecule has 1 aromatic rings. The Balaban J connectivity index is 2.00. The molecule has 2 rings (SSSR count). The molecule has 1 aromatic carbocycles. The van der Waals surface area contributed by atoms with Crippen LogP contribution in [0.25, 0.3) is 0 Å². The highest BCUT2D eigenvalue weighted by atomic mass is 35.5. The molecule has 0 unspecified atom stereocenters. The zero-order valence-electron chi connectivity index (χ0n) is 10.8. The van der Waals surface area contributed by atoms with Crippen molar-refractivity contribution in [3.05, 3.63) is 34.3 Å². The number of nitrogens with zero attached hydrogens (tertiary/aromatic N) is 1. The number of hydrogen-bond acceptors (Lipinski definition) is 4. The Bertz CT molecular complexity index is 573. The minimum Gasteiger partial charge on any atom is -0.450 e. The third-order valence-corrected chi connectivity index (χ3v) is 3.05. The summed E-state index contributed by atoms with van der Waals surface area (Å²) in [5, 5.41) is 2.86. The number of halogens is 1. The third kappa shape index (κ3) is 2.75. The molecule has 6 nitrogen and oxygen atoms in total. The number of nitrogens with one attached hydrogen (secondary N) is 1. The second-order valence-corrected chi connectivity index (χ2v) is 4.54. The number of ether oxygens (including phenoxy) is 1. The van der Waals surface area contributed by atoms with Crippen molar-refractivity contribution in [2.24, 2.45) is 0 Å². The van der Waals surface area contributed by atoms with Crippen LogP contribution in [-0.2, 0) is 4.74 Å². The molecule has 106 valence electrons. The van der Waals surface area contributed by atoms with Gasteiger partial charge in [0.2, 0.25) is 0 Å². The van der Waals surface area contributed by atoms with Gasteiger partial charge in [-0.15, -0.1) is 0 Å². The van der Waals surface area contributed by atoms with Crippen molar-refractivity contribution in [2.45, 2.75) is 6.92 Å². The standard InChI is InChI=1S/C13H13ClN2O4/c1-2-20-13(19)15-5-6-16-11(17)9-4-3-8(14)7-10(9)12(16)18/h3-4,7H,2,5-6H2,1H3,(H,15,19). The Kier molecular flexibility index (Phi) is 4.24. The first-order valence-electron chi connectivity index (χ1n) is 6.11. The first-order valence-corrected chi connectivity index (χ1v) is 6.48. The Morgan fingerprint density at radius 1 is 1.30 bits per heavy atom. The van der Waals surface area contributed by atoms with Crippen LogP contribution < -0.4 is 5.32 Å². The molecule has 1 aliphatic rings. The van der Waals surface area contributed by atoms with Crippen molar-refractivity contribution in [2.75, 3.05) is 19.7 Å². The second-order valence-electron chi connectivity index (χ2n) is 4.10. The van der Waals surface area contributed by atoms with E-state index in [-0.39, 0.29) is 25.6 Å². The number of fused-ring (bicyclic) bond motifs is 1. The summed E-state index contributed by atoms with van der Waals surface area (Å²) < 4.78 is 4.68. The highest BCUT2D eigenvalue weighted by Crippen LogP contribution is 2.25. The van der Waals surface area contributed by atoms with E-state index in [0.717, 1.165) is 4.90 Å². The Morgan fingerprint density at radius 3 is 2.70 bits per heavy atom. The van der Waals surface area contributed by atoms with E-state index in [1.54, 1.807) is 13.0 Å². The maximum absolute atomic E-state index is 12.1. The average Bonchev–Trinajstić information content (AvgIpc) is 2.63. The number of alkyl carbamates (subject to hydrolysis) is 1. The predicted molar refractivity (Wildman–Crippen MR) is 71.8 cm³/mol. The van der Waals surface area contributed by atoms with E-state index in [4.69, 9.17) is 11.6 Å². The molecule has 0 spiro atoms. The monoisotopic (exact) mass is 296 g/mol. The average molecular weight is 297 g/mol. The smallest absolute Gasteiger partial charge is 0.407 e. The van der Waals surface area contributed by atoms with Crippen LogP contribution in [-0.4, -0.2) is 42.5 Å². The number of imide groups is 1. The van der Waals surface area contributed by atoms with Gasteiger partial charge in [-0.1, -0.05) is 11.6 Å². The number of amides is 3. The Labute approximate surface area is 120 Å². The molecule has 1 aliphatic heterocycles. The lowest BCUT2D eigenvalue weighted by molar-refractivity contribution is 0.0652. The van der Waals surface area contributed by atoms with Crippen molar-refractivity contribution >= 4 is 29.5 Å². The Morgan fingerprint density at radius 2 is 2.00 bits per heavy atom. The molecule has 0 saturated carbocycles. The van der Waals surface area contributed by atoms with E-state index in [9.17, 15) is 14.4 Å². The molecule has 0 bridgehead atoms. The quantitative estimate of drug-likeness (QED) is 0.858. The number of carbonyl (C=O) groups excluding carboxylic acids is 3. The summed E-state index contributed by atoms with van der Waals surface area (Å²) in [6, 6.07) is 4.55. The van der Waals surface area contributed by atoms with Crippen LogP contribution in [0.4, 0.5) is 4.79 Å². The molecule has 0 fully saturated rings. The molecule has 20 heavy (non-hydrogen) atoms. The molecule has 0 atom stereocenters. The number of rotatable bonds is 4. The maximum Gasteiger partial charge on any atom is 0.407 e. The van der Waals surface area contributed by atoms with Crippen LogP contribution in [0.1, 0.15) is 27.6 Å². The summed E-state index contributed by atoms with van der Waals surface area (Å²) in [7, 11) is 0. The van der Waals surface area contributed by atoms with Crippen molar-refractivity contribution < 1.29 is 19.1 Å². The van der Waals surface area contributed by atoms with E-state index in [1.165, 1.54) is 12.1 Å². The van der Waals surface area contributed by atoms with Gasteiger partial charge in [-0.3, -0.25) is 14.5 Å². The van der Waals surface area contributed by atoms with Crippen LogP contribution in [0.15, 0.2) is 18.2 Å². The summed E-state index contributed by atoms with van der Waals surface area (Å²) in [5.41, 5.74) is 0.620. The fraction of sp³-hybridized carbons (Fsp3) is 0.308. The molecule has 1 heterocycles. The summed E-state index contributed by atoms with van der Waals surface area (Å²) in [5.74, 6) is -0.787. The van der Waals surface area contributed by atoms with Gasteiger partial charge in [0.15, 0.2) is 0 Å². The van der Waals surface area contributed by atoms with Crippen LogP contribution >= 0.6 is 11.6 Å². The lowest BCUT2D eigenvalue weighted by Gasteiger charge is -2.13. The van der Waals surface area contributed by atoms with Crippen molar-refractivity contribution in [1.29, 1.82) is 0 Å². The lowest BCUT2D eigenvalue weighted by atomic mass is 10.1. The van der Waals surface area contributed by atoms with Crippen molar-refractivity contribution in [3.63, 3.8) is 0 Å². The lowest BCUT2D eigenvalue weighted by Crippen LogP contribution is -2.38. The molecule has 0 aliphatic carbocycles. The summed E-state index contributed by atoms with van der Waals surface area (Å²) in [6.07, 6.45) is -0.577. The predicted octanol–water partition coefficient (Wildman–Crippen LogP) is 1.68. The van der Waals surface area contributed by atoms with Gasteiger partial charge >= 0.3 is 6.09 Å². The van der Waals surface area contributed by atoms with Crippen LogP contribution in [0.2, 0.25) is 5.02 Å². The van der Waals surface area contributed by atoms with E-state index in [2.05, 4.69) is 10.1 Å². The first kappa shape index (κ1) is 14.3. The zero-order valence-corrected chi connectivity index (χ0v) is 11.6. The van der Waals surface area contributed by atoms with Gasteiger partial charge in [-0.25, -0.2) is 4.79 Å². The van der Waals surface area contributed by atoms with Gasteiger partial charge in [0.05, 0.1) is 17.7 Å². The molecule has 0 aromatic heterocycles. The number of hydrogen-bond donors (Lipinski definition) is 1. The fourth-order valence-corrected chi connectivity index (χ4v) is 2.09. The van der Waals surface area contributed by atoms with Crippen LogP contribution in [0.3, 0.4) is 0 Å². The van der Waals surface area contributed by atoms with Crippen LogP contribution in [0, 0.1) is 0 Å². The van der Waals surface area contributed by atoms with E-state index in [0.29, 0.717) is 16.1 Å². The molecule has 1 N–H and O–H groups in total. The summed E-state index contributed by atoms with van der Waals surface area (Å²) in [6.45, 7) is 2.17. The Hall–Kier alpha value is -2.08. The van der Waals surface area contributed by atoms with Gasteiger partial charge < -0.3 is 10.1 Å². The van der Waals surface area contributed by atoms with E-state index in [1.807, 2.05) is 0 Å². The fourth-order valence-electron chi connectivity index (χ4n) is 1.92. The summed E-state index contributed by atoms with van der Waals surface area (Å²) in [4.78, 5) is 36.3. The van der Waals surface area contributed by atoms with Crippen LogP contribution in [0.5, 0.6) is 0 Å². The van der Waals surface area contributed by atoms with E-state index >= 15 is 0 Å². The highest BCUT2D eigenvalue weighted by molar-refractivity contribution is 6.32. The molecular formula is C13H13ClN2O4. The molecule has 0 radical (unpaired) electrons. The SMILES string of the molecule is CCOC(=O)NCCN1C(=O)c2ccc(Cl)cc2C1=O. The molecular weight excluding hydrogens is 284 g/mol.